The molecule has 0 heterocycles. The monoisotopic (exact) mass is 198 g/mol. The molecule has 0 rings (SSSR count). The van der Waals surface area contributed by atoms with E-state index in [0.29, 0.717) is 0 Å². The van der Waals surface area contributed by atoms with Crippen molar-refractivity contribution >= 4 is 37.2 Å². The van der Waals surface area contributed by atoms with Crippen molar-refractivity contribution in [2.24, 2.45) is 0 Å². The van der Waals surface area contributed by atoms with Gasteiger partial charge in [0.2, 0.25) is 0 Å². The van der Waals surface area contributed by atoms with Crippen LogP contribution in [0, 0.1) is 0 Å². The Morgan fingerprint density at radius 3 is 1.64 bits per heavy atom. The molecule has 0 bridgehead atoms. The predicted molar refractivity (Wildman–Crippen MR) is 47.6 cm³/mol. The van der Waals surface area contributed by atoms with Crippen LogP contribution in [0.25, 0.3) is 0 Å². The minimum Gasteiger partial charge on any atom is -0.481 e. The van der Waals surface area contributed by atoms with Crippen LogP contribution in [0.15, 0.2) is 0 Å². The summed E-state index contributed by atoms with van der Waals surface area (Å²) < 4.78 is 0. The van der Waals surface area contributed by atoms with Crippen molar-refractivity contribution in [3.63, 3.8) is 0 Å². The third kappa shape index (κ3) is 17.7. The van der Waals surface area contributed by atoms with Crippen LogP contribution in [0.4, 0.5) is 0 Å². The van der Waals surface area contributed by atoms with Gasteiger partial charge in [0.25, 0.3) is 0 Å². The lowest BCUT2D eigenvalue weighted by molar-refractivity contribution is -0.136. The average Bonchev–Trinajstić information content (AvgIpc) is 1.89. The lowest BCUT2D eigenvalue weighted by atomic mass is 10.5. The first-order chi connectivity index (χ1) is 4.91. The molecule has 0 aromatic rings. The van der Waals surface area contributed by atoms with Gasteiger partial charge in [-0.2, -0.15) is 25.3 Å². The molecule has 6 heteroatoms. The number of carbonyl (C=O) groups is 2. The standard InChI is InChI=1S/C3H6O2S.C2H4O2S/c1-2(6)3(4)5;3-2(4)1-5/h2,6H,1H3,(H,4,5);5H,1H2,(H,3,4). The maximum Gasteiger partial charge on any atom is 0.316 e. The summed E-state index contributed by atoms with van der Waals surface area (Å²) in [5, 5.41) is 15.0. The van der Waals surface area contributed by atoms with E-state index < -0.39 is 17.2 Å². The van der Waals surface area contributed by atoms with E-state index in [2.05, 4.69) is 25.3 Å². The number of hydrogen-bond acceptors (Lipinski definition) is 4. The van der Waals surface area contributed by atoms with Crippen LogP contribution in [0.1, 0.15) is 6.92 Å². The Bertz CT molecular complexity index is 134. The molecule has 1 unspecified atom stereocenters. The molecule has 0 aromatic heterocycles. The van der Waals surface area contributed by atoms with Crippen molar-refractivity contribution < 1.29 is 19.8 Å². The molecule has 0 saturated carbocycles. The van der Waals surface area contributed by atoms with Gasteiger partial charge in [-0.3, -0.25) is 9.59 Å². The average molecular weight is 198 g/mol. The normalized spacial score (nSPS) is 10.8. The lowest BCUT2D eigenvalue weighted by Gasteiger charge is -1.88. The highest BCUT2D eigenvalue weighted by molar-refractivity contribution is 7.81. The van der Waals surface area contributed by atoms with Gasteiger partial charge in [-0.1, -0.05) is 0 Å². The van der Waals surface area contributed by atoms with E-state index in [-0.39, 0.29) is 5.75 Å². The van der Waals surface area contributed by atoms with Crippen LogP contribution in [-0.2, 0) is 9.59 Å². The highest BCUT2D eigenvalue weighted by Gasteiger charge is 2.00. The Balaban J connectivity index is 0. The molecule has 0 aliphatic heterocycles. The van der Waals surface area contributed by atoms with Crippen LogP contribution in [-0.4, -0.2) is 33.2 Å². The van der Waals surface area contributed by atoms with Gasteiger partial charge >= 0.3 is 11.9 Å². The molecule has 0 fully saturated rings. The highest BCUT2D eigenvalue weighted by atomic mass is 32.1. The summed E-state index contributed by atoms with van der Waals surface area (Å²) in [4.78, 5) is 18.9. The van der Waals surface area contributed by atoms with Gasteiger partial charge in [-0.15, -0.1) is 0 Å². The van der Waals surface area contributed by atoms with Crippen LogP contribution in [0.2, 0.25) is 0 Å². The van der Waals surface area contributed by atoms with E-state index >= 15 is 0 Å². The summed E-state index contributed by atoms with van der Waals surface area (Å²) in [5.41, 5.74) is 0. The Kier molecular flexibility index (Phi) is 9.32. The van der Waals surface area contributed by atoms with Gasteiger partial charge in [0, 0.05) is 0 Å². The first-order valence-corrected chi connectivity index (χ1v) is 3.80. The summed E-state index contributed by atoms with van der Waals surface area (Å²) >= 11 is 7.01. The molecule has 0 aromatic carbocycles. The molecule has 0 aliphatic rings. The van der Waals surface area contributed by atoms with Crippen molar-refractivity contribution in [2.75, 3.05) is 5.75 Å². The zero-order chi connectivity index (χ0) is 9.44. The molecule has 4 nitrogen and oxygen atoms in total. The van der Waals surface area contributed by atoms with Crippen LogP contribution in [0.3, 0.4) is 0 Å². The van der Waals surface area contributed by atoms with Crippen molar-refractivity contribution in [1.82, 2.24) is 0 Å². The minimum atomic E-state index is -0.881. The summed E-state index contributed by atoms with van der Waals surface area (Å²) in [6, 6.07) is 0. The maximum atomic E-state index is 9.62. The van der Waals surface area contributed by atoms with Crippen LogP contribution >= 0.6 is 25.3 Å². The van der Waals surface area contributed by atoms with E-state index in [1.807, 2.05) is 0 Å². The van der Waals surface area contributed by atoms with Gasteiger partial charge in [-0.05, 0) is 6.92 Å². The fraction of sp³-hybridized carbons (Fsp3) is 0.600. The minimum absolute atomic E-state index is 0.0833. The van der Waals surface area contributed by atoms with E-state index in [1.165, 1.54) is 6.92 Å². The van der Waals surface area contributed by atoms with Gasteiger partial charge in [0.05, 0.1) is 11.0 Å². The molecule has 0 amide bonds. The van der Waals surface area contributed by atoms with Crippen molar-refractivity contribution in [3.8, 4) is 0 Å². The molecule has 1 atom stereocenters. The first kappa shape index (κ1) is 13.2. The van der Waals surface area contributed by atoms with Gasteiger partial charge in [-0.25, -0.2) is 0 Å². The van der Waals surface area contributed by atoms with E-state index in [9.17, 15) is 9.59 Å². The molecule has 0 radical (unpaired) electrons. The summed E-state index contributed by atoms with van der Waals surface area (Å²) in [6.07, 6.45) is 0. The topological polar surface area (TPSA) is 74.6 Å². The Morgan fingerprint density at radius 2 is 1.64 bits per heavy atom. The van der Waals surface area contributed by atoms with Crippen molar-refractivity contribution in [1.29, 1.82) is 0 Å². The molecule has 0 saturated heterocycles. The number of aliphatic carboxylic acids is 2. The molecule has 66 valence electrons. The second kappa shape index (κ2) is 7.74. The second-order valence-corrected chi connectivity index (χ2v) is 2.66. The molecule has 0 aliphatic carbocycles. The Hall–Kier alpha value is -0.360. The molecule has 2 N–H and O–H groups in total. The number of rotatable bonds is 2. The number of carboxylic acids is 2. The second-order valence-electron chi connectivity index (χ2n) is 1.57. The Morgan fingerprint density at radius 1 is 1.45 bits per heavy atom. The quantitative estimate of drug-likeness (QED) is 0.484. The summed E-state index contributed by atoms with van der Waals surface area (Å²) in [7, 11) is 0. The third-order valence-corrected chi connectivity index (χ3v) is 0.984. The van der Waals surface area contributed by atoms with Gasteiger partial charge < -0.3 is 10.2 Å². The predicted octanol–water partition coefficient (Wildman–Crippen LogP) is 0.390. The zero-order valence-electron chi connectivity index (χ0n) is 5.89. The highest BCUT2D eigenvalue weighted by Crippen LogP contribution is 1.88. The van der Waals surface area contributed by atoms with E-state index in [0.717, 1.165) is 0 Å². The largest absolute Gasteiger partial charge is 0.481 e. The van der Waals surface area contributed by atoms with Crippen molar-refractivity contribution in [2.45, 2.75) is 12.2 Å². The molecular formula is C5H10O4S2. The van der Waals surface area contributed by atoms with Crippen molar-refractivity contribution in [3.05, 3.63) is 0 Å². The first-order valence-electron chi connectivity index (χ1n) is 2.65. The van der Waals surface area contributed by atoms with E-state index in [4.69, 9.17) is 10.2 Å². The summed E-state index contributed by atoms with van der Waals surface area (Å²) in [6.45, 7) is 1.51. The number of hydrogen-bond donors (Lipinski definition) is 4. The van der Waals surface area contributed by atoms with Crippen LogP contribution < -0.4 is 0 Å². The molecule has 0 spiro atoms. The smallest absolute Gasteiger partial charge is 0.316 e. The van der Waals surface area contributed by atoms with Gasteiger partial charge in [0.1, 0.15) is 0 Å². The van der Waals surface area contributed by atoms with Gasteiger partial charge in [0.15, 0.2) is 0 Å². The number of thiol groups is 2. The Labute approximate surface area is 75.4 Å². The number of carboxylic acid groups (broad SMARTS) is 2. The third-order valence-electron chi connectivity index (χ3n) is 0.493. The zero-order valence-corrected chi connectivity index (χ0v) is 7.68. The fourth-order valence-corrected chi connectivity index (χ4v) is 0. The van der Waals surface area contributed by atoms with Crippen LogP contribution in [0.5, 0.6) is 0 Å². The van der Waals surface area contributed by atoms with E-state index in [1.54, 1.807) is 0 Å². The SMILES string of the molecule is CC(S)C(=O)O.O=C(O)CS. The molecular weight excluding hydrogens is 188 g/mol. The maximum absolute atomic E-state index is 9.62. The summed E-state index contributed by atoms with van der Waals surface area (Å²) in [5.74, 6) is -1.84. The molecule has 11 heavy (non-hydrogen) atoms. The lowest BCUT2D eigenvalue weighted by Crippen LogP contribution is -2.06. The fourth-order valence-electron chi connectivity index (χ4n) is 0.